The minimum absolute atomic E-state index is 0.0219. The third kappa shape index (κ3) is 4.91. The minimum Gasteiger partial charge on any atom is -0.496 e. The van der Waals surface area contributed by atoms with Gasteiger partial charge in [-0.05, 0) is 59.1 Å². The number of hydrogen-bond acceptors (Lipinski definition) is 4. The minimum atomic E-state index is -0.0219. The summed E-state index contributed by atoms with van der Waals surface area (Å²) in [6.45, 7) is 2.78. The number of piperidine rings is 1. The topological polar surface area (TPSA) is 59.4 Å². The molecule has 1 aromatic heterocycles. The van der Waals surface area contributed by atoms with E-state index in [9.17, 15) is 4.79 Å². The molecular formula is C23H25BrN4O2. The molecule has 2 aromatic carbocycles. The molecule has 0 radical (unpaired) electrons. The van der Waals surface area contributed by atoms with Gasteiger partial charge in [0.25, 0.3) is 5.91 Å². The second-order valence-electron chi connectivity index (χ2n) is 7.49. The van der Waals surface area contributed by atoms with Crippen molar-refractivity contribution in [3.63, 3.8) is 0 Å². The Balaban J connectivity index is 1.29. The zero-order chi connectivity index (χ0) is 20.9. The number of ether oxygens (including phenoxy) is 1. The van der Waals surface area contributed by atoms with Gasteiger partial charge in [0.2, 0.25) is 0 Å². The van der Waals surface area contributed by atoms with E-state index in [0.717, 1.165) is 48.4 Å². The van der Waals surface area contributed by atoms with Crippen LogP contribution >= 0.6 is 15.9 Å². The molecule has 1 aliphatic heterocycles. The van der Waals surface area contributed by atoms with Crippen LogP contribution < -0.4 is 10.1 Å². The van der Waals surface area contributed by atoms with Gasteiger partial charge in [0.15, 0.2) is 0 Å². The fourth-order valence-corrected chi connectivity index (χ4v) is 4.07. The summed E-state index contributed by atoms with van der Waals surface area (Å²) in [5.74, 6) is 0.908. The maximum atomic E-state index is 12.6. The monoisotopic (exact) mass is 468 g/mol. The Morgan fingerprint density at radius 2 is 1.90 bits per heavy atom. The van der Waals surface area contributed by atoms with Crippen molar-refractivity contribution in [2.24, 2.45) is 0 Å². The van der Waals surface area contributed by atoms with Crippen molar-refractivity contribution in [1.82, 2.24) is 20.0 Å². The maximum Gasteiger partial charge on any atom is 0.251 e. The van der Waals surface area contributed by atoms with Crippen molar-refractivity contribution in [2.75, 3.05) is 20.2 Å². The molecule has 0 bridgehead atoms. The zero-order valence-corrected chi connectivity index (χ0v) is 18.5. The Kier molecular flexibility index (Phi) is 6.50. The van der Waals surface area contributed by atoms with E-state index in [1.807, 2.05) is 48.7 Å². The molecule has 0 saturated carbocycles. The number of carbonyl (C=O) groups excluding carboxylic acids is 1. The Labute approximate surface area is 185 Å². The van der Waals surface area contributed by atoms with E-state index in [0.29, 0.717) is 5.56 Å². The van der Waals surface area contributed by atoms with E-state index in [4.69, 9.17) is 4.74 Å². The SMILES string of the molecule is COc1ccccc1CN1CCC(NC(=O)c2ccc(-n3cc(Br)cn3)cc2)CC1. The lowest BCUT2D eigenvalue weighted by molar-refractivity contribution is 0.0908. The molecule has 1 amide bonds. The van der Waals surface area contributed by atoms with Crippen LogP contribution in [-0.2, 0) is 6.54 Å². The van der Waals surface area contributed by atoms with Gasteiger partial charge in [0.1, 0.15) is 5.75 Å². The van der Waals surface area contributed by atoms with Crippen molar-refractivity contribution >= 4 is 21.8 Å². The molecule has 0 spiro atoms. The number of benzene rings is 2. The van der Waals surface area contributed by atoms with E-state index in [1.54, 1.807) is 18.0 Å². The highest BCUT2D eigenvalue weighted by atomic mass is 79.9. The largest absolute Gasteiger partial charge is 0.496 e. The van der Waals surface area contributed by atoms with Crippen LogP contribution in [0.4, 0.5) is 0 Å². The first kappa shape index (κ1) is 20.6. The average molecular weight is 469 g/mol. The van der Waals surface area contributed by atoms with Crippen LogP contribution in [0.2, 0.25) is 0 Å². The highest BCUT2D eigenvalue weighted by Crippen LogP contribution is 2.21. The highest BCUT2D eigenvalue weighted by molar-refractivity contribution is 9.10. The summed E-state index contributed by atoms with van der Waals surface area (Å²) >= 11 is 3.39. The van der Waals surface area contributed by atoms with Gasteiger partial charge in [-0.25, -0.2) is 4.68 Å². The van der Waals surface area contributed by atoms with Gasteiger partial charge in [-0.15, -0.1) is 0 Å². The first-order chi connectivity index (χ1) is 14.6. The van der Waals surface area contributed by atoms with Crippen LogP contribution in [0, 0.1) is 0 Å². The number of para-hydroxylation sites is 1. The molecule has 156 valence electrons. The van der Waals surface area contributed by atoms with Gasteiger partial charge in [-0.2, -0.15) is 5.10 Å². The molecule has 1 N–H and O–H groups in total. The lowest BCUT2D eigenvalue weighted by Gasteiger charge is -2.32. The quantitative estimate of drug-likeness (QED) is 0.592. The van der Waals surface area contributed by atoms with Crippen molar-refractivity contribution < 1.29 is 9.53 Å². The third-order valence-electron chi connectivity index (χ3n) is 5.45. The number of halogens is 1. The summed E-state index contributed by atoms with van der Waals surface area (Å²) in [7, 11) is 1.71. The molecule has 1 saturated heterocycles. The van der Waals surface area contributed by atoms with E-state index in [-0.39, 0.29) is 11.9 Å². The Morgan fingerprint density at radius 3 is 2.57 bits per heavy atom. The summed E-state index contributed by atoms with van der Waals surface area (Å²) in [6.07, 6.45) is 5.51. The summed E-state index contributed by atoms with van der Waals surface area (Å²) < 4.78 is 8.14. The van der Waals surface area contributed by atoms with Crippen LogP contribution in [0.25, 0.3) is 5.69 Å². The van der Waals surface area contributed by atoms with E-state index >= 15 is 0 Å². The fraction of sp³-hybridized carbons (Fsp3) is 0.304. The number of rotatable bonds is 6. The lowest BCUT2D eigenvalue weighted by atomic mass is 10.0. The number of likely N-dealkylation sites (tertiary alicyclic amines) is 1. The summed E-state index contributed by atoms with van der Waals surface area (Å²) in [6, 6.07) is 15.8. The second-order valence-corrected chi connectivity index (χ2v) is 8.40. The zero-order valence-electron chi connectivity index (χ0n) is 16.9. The highest BCUT2D eigenvalue weighted by Gasteiger charge is 2.22. The number of amides is 1. The number of nitrogens with one attached hydrogen (secondary N) is 1. The van der Waals surface area contributed by atoms with Gasteiger partial charge in [0.05, 0.1) is 23.5 Å². The second kappa shape index (κ2) is 9.45. The van der Waals surface area contributed by atoms with Crippen molar-refractivity contribution in [1.29, 1.82) is 0 Å². The number of carbonyl (C=O) groups is 1. The smallest absolute Gasteiger partial charge is 0.251 e. The van der Waals surface area contributed by atoms with Crippen LogP contribution in [0.3, 0.4) is 0 Å². The van der Waals surface area contributed by atoms with E-state index < -0.39 is 0 Å². The van der Waals surface area contributed by atoms with Gasteiger partial charge in [-0.1, -0.05) is 18.2 Å². The number of hydrogen-bond donors (Lipinski definition) is 1. The molecule has 6 nitrogen and oxygen atoms in total. The van der Waals surface area contributed by atoms with Gasteiger partial charge < -0.3 is 10.1 Å². The van der Waals surface area contributed by atoms with Crippen molar-refractivity contribution in [3.8, 4) is 11.4 Å². The summed E-state index contributed by atoms with van der Waals surface area (Å²) in [5, 5.41) is 7.44. The normalized spacial score (nSPS) is 15.1. The molecule has 30 heavy (non-hydrogen) atoms. The van der Waals surface area contributed by atoms with Gasteiger partial charge in [0, 0.05) is 43.0 Å². The van der Waals surface area contributed by atoms with Gasteiger partial charge >= 0.3 is 0 Å². The Bertz CT molecular complexity index is 994. The molecule has 1 aliphatic rings. The molecule has 3 aromatic rings. The Hall–Kier alpha value is -2.64. The number of nitrogens with zero attached hydrogens (tertiary/aromatic N) is 3. The fourth-order valence-electron chi connectivity index (χ4n) is 3.79. The third-order valence-corrected chi connectivity index (χ3v) is 5.86. The first-order valence-corrected chi connectivity index (χ1v) is 10.9. The van der Waals surface area contributed by atoms with Crippen molar-refractivity contribution in [2.45, 2.75) is 25.4 Å². The van der Waals surface area contributed by atoms with Crippen LogP contribution in [0.5, 0.6) is 5.75 Å². The molecule has 4 rings (SSSR count). The van der Waals surface area contributed by atoms with Crippen LogP contribution in [-0.4, -0.2) is 46.8 Å². The molecule has 0 unspecified atom stereocenters. The number of aromatic nitrogens is 2. The van der Waals surface area contributed by atoms with Crippen LogP contribution in [0.1, 0.15) is 28.8 Å². The summed E-state index contributed by atoms with van der Waals surface area (Å²) in [5.41, 5.74) is 2.79. The maximum absolute atomic E-state index is 12.6. The van der Waals surface area contributed by atoms with Crippen molar-refractivity contribution in [3.05, 3.63) is 76.5 Å². The van der Waals surface area contributed by atoms with E-state index in [1.165, 1.54) is 5.56 Å². The first-order valence-electron chi connectivity index (χ1n) is 10.1. The molecule has 0 atom stereocenters. The molecule has 1 fully saturated rings. The predicted molar refractivity (Wildman–Crippen MR) is 120 cm³/mol. The molecule has 0 aliphatic carbocycles. The number of methoxy groups -OCH3 is 1. The summed E-state index contributed by atoms with van der Waals surface area (Å²) in [4.78, 5) is 15.1. The molecule has 2 heterocycles. The van der Waals surface area contributed by atoms with Crippen LogP contribution in [0.15, 0.2) is 65.4 Å². The van der Waals surface area contributed by atoms with Gasteiger partial charge in [-0.3, -0.25) is 9.69 Å². The predicted octanol–water partition coefficient (Wildman–Crippen LogP) is 4.04. The lowest BCUT2D eigenvalue weighted by Crippen LogP contribution is -2.44. The standard InChI is InChI=1S/C23H25BrN4O2/c1-30-22-5-3-2-4-18(22)15-27-12-10-20(11-13-27)26-23(29)17-6-8-21(9-7-17)28-16-19(24)14-25-28/h2-9,14,16,20H,10-13,15H2,1H3,(H,26,29). The average Bonchev–Trinajstić information content (AvgIpc) is 3.22. The van der Waals surface area contributed by atoms with E-state index in [2.05, 4.69) is 37.3 Å². The Morgan fingerprint density at radius 1 is 1.17 bits per heavy atom. The molecular weight excluding hydrogens is 444 g/mol. The molecule has 7 heteroatoms.